The minimum atomic E-state index is 0.706. The van der Waals surface area contributed by atoms with E-state index in [9.17, 15) is 0 Å². The summed E-state index contributed by atoms with van der Waals surface area (Å²) in [6, 6.07) is 16.4. The Bertz CT molecular complexity index is 1370. The van der Waals surface area contributed by atoms with Gasteiger partial charge in [-0.15, -0.1) is 10.2 Å². The van der Waals surface area contributed by atoms with Gasteiger partial charge in [0.1, 0.15) is 17.8 Å². The fourth-order valence-corrected chi connectivity index (χ4v) is 3.99. The van der Waals surface area contributed by atoms with Crippen LogP contribution in [0, 0.1) is 6.92 Å². The van der Waals surface area contributed by atoms with E-state index < -0.39 is 0 Å². The first-order valence-corrected chi connectivity index (χ1v) is 9.63. The molecule has 0 bridgehead atoms. The molecule has 0 fully saturated rings. The van der Waals surface area contributed by atoms with Crippen LogP contribution in [0.4, 0.5) is 0 Å². The third-order valence-corrected chi connectivity index (χ3v) is 5.46. The van der Waals surface area contributed by atoms with Crippen molar-refractivity contribution in [1.82, 2.24) is 29.9 Å². The van der Waals surface area contributed by atoms with Crippen LogP contribution in [0.2, 0.25) is 0 Å². The number of rotatable bonds is 3. The number of hydrogen-bond donors (Lipinski definition) is 0. The molecule has 1 aliphatic heterocycles. The smallest absolute Gasteiger partial charge is 0.170 e. The molecule has 0 atom stereocenters. The number of fused-ring (bicyclic) bond motifs is 3. The highest BCUT2D eigenvalue weighted by atomic mass is 16.5. The molecule has 5 aromatic rings. The Labute approximate surface area is 172 Å². The second-order valence-corrected chi connectivity index (χ2v) is 7.26. The fourth-order valence-electron chi connectivity index (χ4n) is 3.99. The highest BCUT2D eigenvalue weighted by Gasteiger charge is 2.29. The average Bonchev–Trinajstić information content (AvgIpc) is 3.48. The lowest BCUT2D eigenvalue weighted by Gasteiger charge is -2.04. The molecule has 7 nitrogen and oxygen atoms in total. The molecular weight excluding hydrogens is 376 g/mol. The zero-order valence-electron chi connectivity index (χ0n) is 16.1. The van der Waals surface area contributed by atoms with E-state index in [2.05, 4.69) is 48.1 Å². The van der Waals surface area contributed by atoms with Gasteiger partial charge in [-0.1, -0.05) is 47.6 Å². The van der Waals surface area contributed by atoms with Gasteiger partial charge in [0.05, 0.1) is 12.1 Å². The van der Waals surface area contributed by atoms with E-state index in [0.29, 0.717) is 6.54 Å². The largest absolute Gasteiger partial charge is 0.360 e. The number of aryl methyl sites for hydroxylation is 1. The summed E-state index contributed by atoms with van der Waals surface area (Å²) in [5.74, 6) is 2.34. The number of aromatic nitrogens is 6. The van der Waals surface area contributed by atoms with Crippen LogP contribution in [0.3, 0.4) is 0 Å². The highest BCUT2D eigenvalue weighted by Crippen LogP contribution is 2.40. The molecule has 3 aromatic heterocycles. The molecule has 0 saturated carbocycles. The molecule has 0 aliphatic carbocycles. The predicted molar refractivity (Wildman–Crippen MR) is 111 cm³/mol. The average molecular weight is 392 g/mol. The Morgan fingerprint density at radius 2 is 1.67 bits per heavy atom. The van der Waals surface area contributed by atoms with Gasteiger partial charge in [-0.3, -0.25) is 0 Å². The molecule has 0 saturated heterocycles. The summed E-state index contributed by atoms with van der Waals surface area (Å²) in [4.78, 5) is 8.25. The Kier molecular flexibility index (Phi) is 3.61. The predicted octanol–water partition coefficient (Wildman–Crippen LogP) is 4.39. The van der Waals surface area contributed by atoms with Gasteiger partial charge in [-0.05, 0) is 24.1 Å². The topological polar surface area (TPSA) is 82.5 Å². The molecule has 4 heterocycles. The van der Waals surface area contributed by atoms with Crippen LogP contribution in [0.25, 0.3) is 45.2 Å². The Hall–Kier alpha value is -4.13. The van der Waals surface area contributed by atoms with Gasteiger partial charge in [-0.25, -0.2) is 9.97 Å². The summed E-state index contributed by atoms with van der Waals surface area (Å²) in [6.45, 7) is 2.61. The maximum Gasteiger partial charge on any atom is 0.170 e. The van der Waals surface area contributed by atoms with Crippen LogP contribution >= 0.6 is 0 Å². The molecule has 144 valence electrons. The first-order chi connectivity index (χ1) is 14.8. The van der Waals surface area contributed by atoms with Crippen molar-refractivity contribution in [3.63, 3.8) is 0 Å². The lowest BCUT2D eigenvalue weighted by molar-refractivity contribution is 0.400. The lowest BCUT2D eigenvalue weighted by atomic mass is 10.0. The molecule has 6 rings (SSSR count). The van der Waals surface area contributed by atoms with E-state index in [1.807, 2.05) is 49.6 Å². The first-order valence-electron chi connectivity index (χ1n) is 9.63. The van der Waals surface area contributed by atoms with Crippen molar-refractivity contribution in [3.05, 3.63) is 78.6 Å². The Morgan fingerprint density at radius 1 is 0.867 bits per heavy atom. The molecule has 0 spiro atoms. The molecule has 30 heavy (non-hydrogen) atoms. The number of hydrogen-bond acceptors (Lipinski definition) is 6. The molecule has 1 aliphatic rings. The third kappa shape index (κ3) is 2.49. The van der Waals surface area contributed by atoms with Gasteiger partial charge in [-0.2, -0.15) is 0 Å². The van der Waals surface area contributed by atoms with E-state index in [-0.39, 0.29) is 0 Å². The van der Waals surface area contributed by atoms with Crippen LogP contribution in [0.5, 0.6) is 0 Å². The SMILES string of the molecule is Cc1onc(-c2ccccc2)c1-c1nnc2n1Cc1ccc(-c3cncnc3)cc1-2. The summed E-state index contributed by atoms with van der Waals surface area (Å²) in [6.07, 6.45) is 5.16. The van der Waals surface area contributed by atoms with Crippen molar-refractivity contribution in [3.8, 4) is 45.2 Å². The fraction of sp³-hybridized carbons (Fsp3) is 0.0870. The molecule has 2 aromatic carbocycles. The third-order valence-electron chi connectivity index (χ3n) is 5.46. The van der Waals surface area contributed by atoms with Gasteiger partial charge in [0.2, 0.25) is 0 Å². The monoisotopic (exact) mass is 392 g/mol. The van der Waals surface area contributed by atoms with Crippen molar-refractivity contribution in [2.24, 2.45) is 0 Å². The van der Waals surface area contributed by atoms with Gasteiger partial charge in [0.25, 0.3) is 0 Å². The molecule has 0 N–H and O–H groups in total. The molecule has 0 amide bonds. The van der Waals surface area contributed by atoms with Gasteiger partial charge < -0.3 is 9.09 Å². The van der Waals surface area contributed by atoms with Crippen molar-refractivity contribution in [1.29, 1.82) is 0 Å². The quantitative estimate of drug-likeness (QED) is 0.444. The first kappa shape index (κ1) is 16.8. The van der Waals surface area contributed by atoms with Crippen LogP contribution in [0.15, 0.2) is 71.8 Å². The van der Waals surface area contributed by atoms with Gasteiger partial charge in [0.15, 0.2) is 11.6 Å². The van der Waals surface area contributed by atoms with Crippen molar-refractivity contribution >= 4 is 0 Å². The van der Waals surface area contributed by atoms with Crippen LogP contribution in [-0.2, 0) is 6.54 Å². The summed E-state index contributed by atoms with van der Waals surface area (Å²) >= 11 is 0. The zero-order valence-corrected chi connectivity index (χ0v) is 16.1. The second kappa shape index (κ2) is 6.45. The number of benzene rings is 2. The Balaban J connectivity index is 1.48. The van der Waals surface area contributed by atoms with Crippen molar-refractivity contribution in [2.45, 2.75) is 13.5 Å². The van der Waals surface area contributed by atoms with Gasteiger partial charge >= 0.3 is 0 Å². The van der Waals surface area contributed by atoms with Crippen LogP contribution in [0.1, 0.15) is 11.3 Å². The summed E-state index contributed by atoms with van der Waals surface area (Å²) in [7, 11) is 0. The summed E-state index contributed by atoms with van der Waals surface area (Å²) in [5, 5.41) is 13.3. The lowest BCUT2D eigenvalue weighted by Crippen LogP contribution is -1.98. The van der Waals surface area contributed by atoms with Crippen molar-refractivity contribution in [2.75, 3.05) is 0 Å². The summed E-state index contributed by atoms with van der Waals surface area (Å²) < 4.78 is 7.67. The maximum absolute atomic E-state index is 5.54. The van der Waals surface area contributed by atoms with E-state index >= 15 is 0 Å². The molecule has 0 radical (unpaired) electrons. The molecular formula is C23H16N6O. The second-order valence-electron chi connectivity index (χ2n) is 7.26. The van der Waals surface area contributed by atoms with E-state index in [1.54, 1.807) is 0 Å². The highest BCUT2D eigenvalue weighted by molar-refractivity contribution is 5.81. The minimum Gasteiger partial charge on any atom is -0.360 e. The van der Waals surface area contributed by atoms with Crippen molar-refractivity contribution < 1.29 is 4.52 Å². The van der Waals surface area contributed by atoms with Gasteiger partial charge in [0, 0.05) is 29.1 Å². The standard InChI is InChI=1S/C23H16N6O/c1-14-20(21(28-30-14)15-5-3-2-4-6-15)23-27-26-22-19-9-16(18-10-24-13-25-11-18)7-8-17(19)12-29(22)23/h2-11,13H,12H2,1H3. The molecule has 0 unspecified atom stereocenters. The Morgan fingerprint density at radius 3 is 2.50 bits per heavy atom. The summed E-state index contributed by atoms with van der Waals surface area (Å²) in [5.41, 5.74) is 6.95. The zero-order chi connectivity index (χ0) is 20.1. The van der Waals surface area contributed by atoms with Crippen LogP contribution in [-0.4, -0.2) is 29.9 Å². The minimum absolute atomic E-state index is 0.706. The molecule has 7 heteroatoms. The maximum atomic E-state index is 5.54. The van der Waals surface area contributed by atoms with E-state index in [4.69, 9.17) is 4.52 Å². The van der Waals surface area contributed by atoms with E-state index in [1.165, 1.54) is 11.9 Å². The number of nitrogens with zero attached hydrogens (tertiary/aromatic N) is 6. The van der Waals surface area contributed by atoms with Crippen LogP contribution < -0.4 is 0 Å². The normalized spacial score (nSPS) is 12.0. The van der Waals surface area contributed by atoms with E-state index in [0.717, 1.165) is 50.9 Å².